The molecule has 0 aliphatic heterocycles. The highest BCUT2D eigenvalue weighted by molar-refractivity contribution is 5.66. The van der Waals surface area contributed by atoms with Gasteiger partial charge in [-0.05, 0) is 41.2 Å². The smallest absolute Gasteiger partial charge is 0.126 e. The summed E-state index contributed by atoms with van der Waals surface area (Å²) >= 11 is 0. The molecule has 0 saturated carbocycles. The molecule has 0 fully saturated rings. The fraction of sp³-hybridized carbons (Fsp3) is 0.273. The molecule has 0 radical (unpaired) electrons. The van der Waals surface area contributed by atoms with Crippen molar-refractivity contribution < 1.29 is 4.39 Å². The molecule has 0 heterocycles. The van der Waals surface area contributed by atoms with E-state index in [-0.39, 0.29) is 5.83 Å². The van der Waals surface area contributed by atoms with E-state index in [1.807, 2.05) is 48.5 Å². The number of allylic oxidation sites excluding steroid dienone is 3. The largest absolute Gasteiger partial charge is 0.207 e. The molecule has 2 rings (SSSR count). The van der Waals surface area contributed by atoms with Crippen molar-refractivity contribution in [3.05, 3.63) is 77.6 Å². The lowest BCUT2D eigenvalue weighted by Crippen LogP contribution is -1.86. The van der Waals surface area contributed by atoms with Crippen LogP contribution in [-0.4, -0.2) is 0 Å². The lowest BCUT2D eigenvalue weighted by molar-refractivity contribution is 0.640. The second-order valence-electron chi connectivity index (χ2n) is 5.75. The maximum Gasteiger partial charge on any atom is 0.126 e. The number of rotatable bonds is 7. The standard InChI is InChI=1S/C22H25F/c1-3-5-10-21(9-4-2)22(23)17-18-13-15-20(16-14-18)19-11-7-6-8-12-19/h6-8,10-17H,3-5,9H2,1-2H3/b21-10+,22-17-. The molecule has 0 spiro atoms. The third-order valence-electron chi connectivity index (χ3n) is 3.82. The Morgan fingerprint density at radius 2 is 1.52 bits per heavy atom. The molecular formula is C22H25F. The summed E-state index contributed by atoms with van der Waals surface area (Å²) in [5.41, 5.74) is 4.07. The molecule has 0 amide bonds. The van der Waals surface area contributed by atoms with Crippen LogP contribution in [0.3, 0.4) is 0 Å². The maximum atomic E-state index is 14.5. The highest BCUT2D eigenvalue weighted by Gasteiger charge is 2.04. The lowest BCUT2D eigenvalue weighted by atomic mass is 10.0. The van der Waals surface area contributed by atoms with Crippen LogP contribution < -0.4 is 0 Å². The van der Waals surface area contributed by atoms with Crippen LogP contribution in [0.15, 0.2) is 72.1 Å². The van der Waals surface area contributed by atoms with Crippen LogP contribution in [0, 0.1) is 0 Å². The molecule has 23 heavy (non-hydrogen) atoms. The third kappa shape index (κ3) is 5.21. The van der Waals surface area contributed by atoms with E-state index in [1.165, 1.54) is 5.56 Å². The first-order chi connectivity index (χ1) is 11.2. The van der Waals surface area contributed by atoms with Gasteiger partial charge < -0.3 is 0 Å². The van der Waals surface area contributed by atoms with Gasteiger partial charge in [0.1, 0.15) is 5.83 Å². The van der Waals surface area contributed by atoms with Crippen LogP contribution >= 0.6 is 0 Å². The fourth-order valence-electron chi connectivity index (χ4n) is 2.55. The SMILES string of the molecule is CCC/C=C(CCC)/C(F)=C/c1ccc(-c2ccccc2)cc1. The van der Waals surface area contributed by atoms with Gasteiger partial charge in [-0.1, -0.05) is 87.4 Å². The van der Waals surface area contributed by atoms with Gasteiger partial charge in [0, 0.05) is 0 Å². The van der Waals surface area contributed by atoms with Crippen LogP contribution in [0.25, 0.3) is 17.2 Å². The summed E-state index contributed by atoms with van der Waals surface area (Å²) in [6.45, 7) is 4.20. The van der Waals surface area contributed by atoms with Gasteiger partial charge in [0.25, 0.3) is 0 Å². The Morgan fingerprint density at radius 3 is 2.13 bits per heavy atom. The molecule has 2 aromatic carbocycles. The first-order valence-corrected chi connectivity index (χ1v) is 8.46. The summed E-state index contributed by atoms with van der Waals surface area (Å²) in [5, 5.41) is 0. The third-order valence-corrected chi connectivity index (χ3v) is 3.82. The summed E-state index contributed by atoms with van der Waals surface area (Å²) in [6, 6.07) is 18.3. The van der Waals surface area contributed by atoms with Gasteiger partial charge >= 0.3 is 0 Å². The summed E-state index contributed by atoms with van der Waals surface area (Å²) in [4.78, 5) is 0. The van der Waals surface area contributed by atoms with Gasteiger partial charge in [0.2, 0.25) is 0 Å². The van der Waals surface area contributed by atoms with Crippen LogP contribution in [-0.2, 0) is 0 Å². The molecule has 120 valence electrons. The summed E-state index contributed by atoms with van der Waals surface area (Å²) in [7, 11) is 0. The van der Waals surface area contributed by atoms with Crippen molar-refractivity contribution in [2.75, 3.05) is 0 Å². The normalized spacial score (nSPS) is 12.5. The molecule has 0 aromatic heterocycles. The Balaban J connectivity index is 2.18. The minimum Gasteiger partial charge on any atom is -0.207 e. The van der Waals surface area contributed by atoms with Gasteiger partial charge in [0.15, 0.2) is 0 Å². The lowest BCUT2D eigenvalue weighted by Gasteiger charge is -2.05. The Morgan fingerprint density at radius 1 is 0.870 bits per heavy atom. The van der Waals surface area contributed by atoms with Crippen molar-refractivity contribution in [2.45, 2.75) is 39.5 Å². The van der Waals surface area contributed by atoms with E-state index in [0.29, 0.717) is 0 Å². The van der Waals surface area contributed by atoms with Crippen molar-refractivity contribution >= 4 is 6.08 Å². The van der Waals surface area contributed by atoms with Gasteiger partial charge in [-0.2, -0.15) is 0 Å². The van der Waals surface area contributed by atoms with Gasteiger partial charge in [-0.15, -0.1) is 0 Å². The van der Waals surface area contributed by atoms with Crippen LogP contribution in [0.5, 0.6) is 0 Å². The topological polar surface area (TPSA) is 0 Å². The quantitative estimate of drug-likeness (QED) is 0.475. The Bertz CT molecular complexity index is 648. The highest BCUT2D eigenvalue weighted by atomic mass is 19.1. The zero-order valence-electron chi connectivity index (χ0n) is 14.1. The molecule has 0 aliphatic rings. The first-order valence-electron chi connectivity index (χ1n) is 8.46. The number of hydrogen-bond acceptors (Lipinski definition) is 0. The highest BCUT2D eigenvalue weighted by Crippen LogP contribution is 2.24. The average molecular weight is 308 g/mol. The monoisotopic (exact) mass is 308 g/mol. The molecule has 0 unspecified atom stereocenters. The molecule has 2 aromatic rings. The Hall–Kier alpha value is -2.15. The van der Waals surface area contributed by atoms with Crippen LogP contribution in [0.4, 0.5) is 4.39 Å². The van der Waals surface area contributed by atoms with Crippen LogP contribution in [0.1, 0.15) is 45.1 Å². The molecule has 0 saturated heterocycles. The fourth-order valence-corrected chi connectivity index (χ4v) is 2.55. The van der Waals surface area contributed by atoms with Crippen molar-refractivity contribution in [1.82, 2.24) is 0 Å². The van der Waals surface area contributed by atoms with Crippen LogP contribution in [0.2, 0.25) is 0 Å². The van der Waals surface area contributed by atoms with E-state index in [9.17, 15) is 4.39 Å². The summed E-state index contributed by atoms with van der Waals surface area (Å²) in [6.07, 6.45) is 7.42. The second kappa shape index (κ2) is 9.09. The molecule has 0 atom stereocenters. The van der Waals surface area contributed by atoms with Crippen molar-refractivity contribution in [3.63, 3.8) is 0 Å². The molecule has 1 heteroatoms. The molecular weight excluding hydrogens is 283 g/mol. The van der Waals surface area contributed by atoms with Crippen molar-refractivity contribution in [1.29, 1.82) is 0 Å². The average Bonchev–Trinajstić information content (AvgIpc) is 2.60. The van der Waals surface area contributed by atoms with E-state index in [1.54, 1.807) is 6.08 Å². The second-order valence-corrected chi connectivity index (χ2v) is 5.75. The van der Waals surface area contributed by atoms with E-state index in [2.05, 4.69) is 26.0 Å². The van der Waals surface area contributed by atoms with Crippen molar-refractivity contribution in [2.24, 2.45) is 0 Å². The first kappa shape index (κ1) is 17.2. The van der Waals surface area contributed by atoms with Gasteiger partial charge in [-0.3, -0.25) is 0 Å². The van der Waals surface area contributed by atoms with E-state index < -0.39 is 0 Å². The zero-order chi connectivity index (χ0) is 16.5. The molecule has 0 bridgehead atoms. The predicted molar refractivity (Wildman–Crippen MR) is 98.9 cm³/mol. The molecule has 0 N–H and O–H groups in total. The summed E-state index contributed by atoms with van der Waals surface area (Å²) in [5.74, 6) is -0.104. The Kier molecular flexibility index (Phi) is 6.80. The zero-order valence-corrected chi connectivity index (χ0v) is 14.1. The molecule has 0 nitrogen and oxygen atoms in total. The minimum atomic E-state index is -0.104. The Labute approximate surface area is 139 Å². The van der Waals surface area contributed by atoms with Gasteiger partial charge in [-0.25, -0.2) is 4.39 Å². The minimum absolute atomic E-state index is 0.104. The summed E-state index contributed by atoms with van der Waals surface area (Å²) < 4.78 is 14.5. The van der Waals surface area contributed by atoms with E-state index in [0.717, 1.165) is 42.4 Å². The van der Waals surface area contributed by atoms with E-state index in [4.69, 9.17) is 0 Å². The number of unbranched alkanes of at least 4 members (excludes halogenated alkanes) is 1. The van der Waals surface area contributed by atoms with E-state index >= 15 is 0 Å². The number of hydrogen-bond donors (Lipinski definition) is 0. The predicted octanol–water partition coefficient (Wildman–Crippen LogP) is 7.19. The number of halogens is 1. The number of benzene rings is 2. The maximum absolute atomic E-state index is 14.5. The van der Waals surface area contributed by atoms with Crippen molar-refractivity contribution in [3.8, 4) is 11.1 Å². The molecule has 0 aliphatic carbocycles. The van der Waals surface area contributed by atoms with Gasteiger partial charge in [0.05, 0.1) is 0 Å².